The molecule has 2 N–H and O–H groups in total. The van der Waals surface area contributed by atoms with Crippen molar-refractivity contribution in [3.05, 3.63) is 24.0 Å². The van der Waals surface area contributed by atoms with Crippen molar-refractivity contribution in [1.29, 1.82) is 0 Å². The van der Waals surface area contributed by atoms with Gasteiger partial charge < -0.3 is 5.73 Å². The molecule has 0 aliphatic heterocycles. The van der Waals surface area contributed by atoms with Gasteiger partial charge in [0.05, 0.1) is 11.4 Å². The Morgan fingerprint density at radius 1 is 1.35 bits per heavy atom. The number of rotatable bonds is 3. The van der Waals surface area contributed by atoms with E-state index in [4.69, 9.17) is 5.73 Å². The summed E-state index contributed by atoms with van der Waals surface area (Å²) in [5.41, 5.74) is 6.93. The molecule has 2 aromatic rings. The molecule has 0 saturated carbocycles. The van der Waals surface area contributed by atoms with Crippen molar-refractivity contribution < 1.29 is 0 Å². The molecule has 2 rings (SSSR count). The fraction of sp³-hybridized carbons (Fsp3) is 0.545. The Morgan fingerprint density at radius 2 is 2.06 bits per heavy atom. The summed E-state index contributed by atoms with van der Waals surface area (Å²) in [6.07, 6.45) is 3.55. The first-order chi connectivity index (χ1) is 7.95. The minimum absolute atomic E-state index is 0.400. The van der Waals surface area contributed by atoms with Gasteiger partial charge in [0.15, 0.2) is 5.82 Å². The molecule has 0 saturated heterocycles. The van der Waals surface area contributed by atoms with Crippen LogP contribution in [0.15, 0.2) is 12.5 Å². The van der Waals surface area contributed by atoms with Gasteiger partial charge in [-0.1, -0.05) is 0 Å². The fourth-order valence-corrected chi connectivity index (χ4v) is 1.59. The van der Waals surface area contributed by atoms with Gasteiger partial charge in [-0.25, -0.2) is 4.98 Å². The van der Waals surface area contributed by atoms with Gasteiger partial charge in [-0.2, -0.15) is 10.2 Å². The lowest BCUT2D eigenvalue weighted by Gasteiger charge is -2.21. The average Bonchev–Trinajstić information content (AvgIpc) is 2.87. The lowest BCUT2D eigenvalue weighted by molar-refractivity contribution is 0.364. The van der Waals surface area contributed by atoms with Crippen LogP contribution in [-0.2, 0) is 12.1 Å². The van der Waals surface area contributed by atoms with E-state index in [9.17, 15) is 0 Å². The summed E-state index contributed by atoms with van der Waals surface area (Å²) in [6.45, 7) is 8.77. The minimum Gasteiger partial charge on any atom is -0.396 e. The summed E-state index contributed by atoms with van der Waals surface area (Å²) in [5.74, 6) is 0.738. The highest BCUT2D eigenvalue weighted by Gasteiger charge is 2.28. The van der Waals surface area contributed by atoms with E-state index in [1.807, 2.05) is 38.6 Å². The molecule has 0 atom stereocenters. The standard InChI is InChI=1S/C11H18N6/c1-5-16-7-13-10(15-16)11(3,4)17-6-9(12)8(2)14-17/h6-7H,5,12H2,1-4H3. The number of hydrogen-bond acceptors (Lipinski definition) is 4. The summed E-state index contributed by atoms with van der Waals surface area (Å²) >= 11 is 0. The topological polar surface area (TPSA) is 74.5 Å². The molecular weight excluding hydrogens is 216 g/mol. The number of nitrogens with two attached hydrogens (primary N) is 1. The predicted octanol–water partition coefficient (Wildman–Crippen LogP) is 1.17. The van der Waals surface area contributed by atoms with Gasteiger partial charge in [0, 0.05) is 12.7 Å². The quantitative estimate of drug-likeness (QED) is 0.865. The van der Waals surface area contributed by atoms with Crippen LogP contribution in [0, 0.1) is 6.92 Å². The number of hydrogen-bond donors (Lipinski definition) is 1. The normalized spacial score (nSPS) is 12.0. The number of nitrogens with zero attached hydrogens (tertiary/aromatic N) is 5. The highest BCUT2D eigenvalue weighted by atomic mass is 15.4. The zero-order chi connectivity index (χ0) is 12.6. The molecule has 2 heterocycles. The van der Waals surface area contributed by atoms with Crippen molar-refractivity contribution in [2.45, 2.75) is 39.8 Å². The van der Waals surface area contributed by atoms with E-state index < -0.39 is 5.54 Å². The van der Waals surface area contributed by atoms with E-state index in [2.05, 4.69) is 15.2 Å². The summed E-state index contributed by atoms with van der Waals surface area (Å²) in [6, 6.07) is 0. The number of anilines is 1. The Kier molecular flexibility index (Phi) is 2.65. The van der Waals surface area contributed by atoms with Gasteiger partial charge in [-0.05, 0) is 27.7 Å². The van der Waals surface area contributed by atoms with Gasteiger partial charge in [0.25, 0.3) is 0 Å². The first kappa shape index (κ1) is 11.6. The zero-order valence-corrected chi connectivity index (χ0v) is 10.7. The second-order valence-electron chi connectivity index (χ2n) is 4.60. The van der Waals surface area contributed by atoms with E-state index in [1.165, 1.54) is 0 Å². The van der Waals surface area contributed by atoms with E-state index in [0.29, 0.717) is 5.69 Å². The fourth-order valence-electron chi connectivity index (χ4n) is 1.59. The Labute approximate surface area is 100 Å². The molecule has 0 aromatic carbocycles. The highest BCUT2D eigenvalue weighted by molar-refractivity contribution is 5.40. The van der Waals surface area contributed by atoms with Crippen LogP contribution in [-0.4, -0.2) is 24.5 Å². The first-order valence-corrected chi connectivity index (χ1v) is 5.67. The van der Waals surface area contributed by atoms with Crippen LogP contribution >= 0.6 is 0 Å². The first-order valence-electron chi connectivity index (χ1n) is 5.67. The second kappa shape index (κ2) is 3.87. The molecule has 0 aliphatic rings. The number of nitrogen functional groups attached to an aromatic ring is 1. The van der Waals surface area contributed by atoms with Crippen molar-refractivity contribution in [3.8, 4) is 0 Å². The highest BCUT2D eigenvalue weighted by Crippen LogP contribution is 2.23. The van der Waals surface area contributed by atoms with Crippen LogP contribution in [0.1, 0.15) is 32.3 Å². The lowest BCUT2D eigenvalue weighted by Crippen LogP contribution is -2.30. The van der Waals surface area contributed by atoms with Gasteiger partial charge >= 0.3 is 0 Å². The Bertz CT molecular complexity index is 502. The molecule has 0 amide bonds. The van der Waals surface area contributed by atoms with Gasteiger partial charge in [-0.15, -0.1) is 0 Å². The van der Waals surface area contributed by atoms with E-state index in [0.717, 1.165) is 18.1 Å². The summed E-state index contributed by atoms with van der Waals surface area (Å²) in [7, 11) is 0. The smallest absolute Gasteiger partial charge is 0.177 e. The molecule has 0 bridgehead atoms. The molecule has 0 aliphatic carbocycles. The largest absolute Gasteiger partial charge is 0.396 e. The van der Waals surface area contributed by atoms with Crippen LogP contribution in [0.4, 0.5) is 5.69 Å². The maximum Gasteiger partial charge on any atom is 0.177 e. The van der Waals surface area contributed by atoms with Gasteiger partial charge in [0.2, 0.25) is 0 Å². The third-order valence-electron chi connectivity index (χ3n) is 2.92. The Hall–Kier alpha value is -1.85. The monoisotopic (exact) mass is 234 g/mol. The summed E-state index contributed by atoms with van der Waals surface area (Å²) < 4.78 is 3.61. The number of aromatic nitrogens is 5. The molecule has 6 nitrogen and oxygen atoms in total. The van der Waals surface area contributed by atoms with E-state index in [1.54, 1.807) is 11.0 Å². The molecule has 0 spiro atoms. The summed E-state index contributed by atoms with van der Waals surface area (Å²) in [5, 5.41) is 8.82. The number of aryl methyl sites for hydroxylation is 2. The van der Waals surface area contributed by atoms with Crippen LogP contribution in [0.5, 0.6) is 0 Å². The minimum atomic E-state index is -0.400. The molecule has 17 heavy (non-hydrogen) atoms. The maximum absolute atomic E-state index is 5.82. The van der Waals surface area contributed by atoms with Gasteiger partial charge in [0.1, 0.15) is 11.9 Å². The summed E-state index contributed by atoms with van der Waals surface area (Å²) in [4.78, 5) is 4.32. The van der Waals surface area contributed by atoms with E-state index >= 15 is 0 Å². The third-order valence-corrected chi connectivity index (χ3v) is 2.92. The molecule has 0 fully saturated rings. The van der Waals surface area contributed by atoms with Crippen LogP contribution in [0.3, 0.4) is 0 Å². The van der Waals surface area contributed by atoms with Crippen molar-refractivity contribution in [2.75, 3.05) is 5.73 Å². The van der Waals surface area contributed by atoms with Crippen molar-refractivity contribution in [1.82, 2.24) is 24.5 Å². The molecular formula is C11H18N6. The van der Waals surface area contributed by atoms with Crippen molar-refractivity contribution in [3.63, 3.8) is 0 Å². The lowest BCUT2D eigenvalue weighted by atomic mass is 10.1. The van der Waals surface area contributed by atoms with E-state index in [-0.39, 0.29) is 0 Å². The molecule has 92 valence electrons. The van der Waals surface area contributed by atoms with Crippen LogP contribution in [0.2, 0.25) is 0 Å². The van der Waals surface area contributed by atoms with Crippen LogP contribution < -0.4 is 5.73 Å². The van der Waals surface area contributed by atoms with Crippen LogP contribution in [0.25, 0.3) is 0 Å². The Balaban J connectivity index is 2.41. The SMILES string of the molecule is CCn1cnc(C(C)(C)n2cc(N)c(C)n2)n1. The molecule has 6 heteroatoms. The molecule has 2 aromatic heterocycles. The predicted molar refractivity (Wildman–Crippen MR) is 65.5 cm³/mol. The average molecular weight is 234 g/mol. The van der Waals surface area contributed by atoms with Crippen molar-refractivity contribution in [2.24, 2.45) is 0 Å². The van der Waals surface area contributed by atoms with Gasteiger partial charge in [-0.3, -0.25) is 9.36 Å². The zero-order valence-electron chi connectivity index (χ0n) is 10.7. The third kappa shape index (κ3) is 1.90. The maximum atomic E-state index is 5.82. The molecule has 0 unspecified atom stereocenters. The Morgan fingerprint density at radius 3 is 2.53 bits per heavy atom. The molecule has 0 radical (unpaired) electrons. The van der Waals surface area contributed by atoms with Crippen molar-refractivity contribution >= 4 is 5.69 Å². The second-order valence-corrected chi connectivity index (χ2v) is 4.60.